The average Bonchev–Trinajstić information content (AvgIpc) is 3.09. The molecule has 0 unspecified atom stereocenters. The highest BCUT2D eigenvalue weighted by molar-refractivity contribution is 7.89. The third-order valence-corrected chi connectivity index (χ3v) is 6.76. The van der Waals surface area contributed by atoms with Crippen LogP contribution in [0.25, 0.3) is 0 Å². The summed E-state index contributed by atoms with van der Waals surface area (Å²) < 4.78 is 25.1. The number of nitrogens with zero attached hydrogens (tertiary/aromatic N) is 2. The van der Waals surface area contributed by atoms with Crippen molar-refractivity contribution in [3.8, 4) is 0 Å². The van der Waals surface area contributed by atoms with E-state index in [1.165, 1.54) is 51.3 Å². The molecule has 1 saturated carbocycles. The third-order valence-electron chi connectivity index (χ3n) is 5.07. The molecule has 0 bridgehead atoms. The Morgan fingerprint density at radius 1 is 1.16 bits per heavy atom. The molecule has 1 aromatic carbocycles. The summed E-state index contributed by atoms with van der Waals surface area (Å²) in [5.41, 5.74) is 0.450. The number of carbonyl (C=O) groups is 1. The number of carbonyl (C=O) groups excluding carboxylic acids is 1. The van der Waals surface area contributed by atoms with Gasteiger partial charge in [-0.1, -0.05) is 17.3 Å². The summed E-state index contributed by atoms with van der Waals surface area (Å²) >= 11 is 0. The highest BCUT2D eigenvalue weighted by Gasteiger charge is 2.36. The zero-order valence-electron chi connectivity index (χ0n) is 15.3. The standard InChI is InChI=1S/C17H27N3O4S/c1-19(2)17(11-5-6-12-17)13-18-16(21)14-7-9-15(10-8-14)25(22,23)20(3)24-4/h7-10H,5-6,11-13H2,1-4H3,(H,18,21). The van der Waals surface area contributed by atoms with Crippen molar-refractivity contribution < 1.29 is 18.0 Å². The second-order valence-electron chi connectivity index (χ2n) is 6.63. The van der Waals surface area contributed by atoms with E-state index in [2.05, 4.69) is 10.2 Å². The first kappa shape index (κ1) is 19.8. The van der Waals surface area contributed by atoms with Crippen LogP contribution in [0.3, 0.4) is 0 Å². The Balaban J connectivity index is 2.06. The number of nitrogens with one attached hydrogen (secondary N) is 1. The molecule has 0 aromatic heterocycles. The molecular formula is C17H27N3O4S. The Bertz CT molecular complexity index is 695. The first-order chi connectivity index (χ1) is 11.7. The van der Waals surface area contributed by atoms with Crippen LogP contribution in [0, 0.1) is 0 Å². The maximum absolute atomic E-state index is 12.4. The molecule has 1 amide bonds. The van der Waals surface area contributed by atoms with Gasteiger partial charge in [-0.15, -0.1) is 0 Å². The Labute approximate surface area is 149 Å². The van der Waals surface area contributed by atoms with Gasteiger partial charge >= 0.3 is 0 Å². The molecule has 1 aromatic rings. The lowest BCUT2D eigenvalue weighted by Gasteiger charge is -2.36. The minimum atomic E-state index is -3.71. The lowest BCUT2D eigenvalue weighted by molar-refractivity contribution is -0.0258. The fourth-order valence-electron chi connectivity index (χ4n) is 3.19. The molecular weight excluding hydrogens is 342 g/mol. The van der Waals surface area contributed by atoms with Crippen LogP contribution in [0.2, 0.25) is 0 Å². The van der Waals surface area contributed by atoms with E-state index in [-0.39, 0.29) is 16.3 Å². The molecule has 1 N–H and O–H groups in total. The van der Waals surface area contributed by atoms with E-state index in [1.807, 2.05) is 14.1 Å². The molecule has 2 rings (SSSR count). The number of hydrogen-bond acceptors (Lipinski definition) is 5. The number of hydrogen-bond donors (Lipinski definition) is 1. The van der Waals surface area contributed by atoms with Crippen molar-refractivity contribution in [1.29, 1.82) is 0 Å². The maximum Gasteiger partial charge on any atom is 0.264 e. The van der Waals surface area contributed by atoms with Gasteiger partial charge in [-0.05, 0) is 51.2 Å². The molecule has 7 nitrogen and oxygen atoms in total. The number of amides is 1. The average molecular weight is 369 g/mol. The monoisotopic (exact) mass is 369 g/mol. The molecule has 0 radical (unpaired) electrons. The first-order valence-corrected chi connectivity index (χ1v) is 9.76. The third kappa shape index (κ3) is 4.20. The highest BCUT2D eigenvalue weighted by atomic mass is 32.2. The molecule has 0 saturated heterocycles. The minimum absolute atomic E-state index is 0.0140. The topological polar surface area (TPSA) is 78.9 Å². The lowest BCUT2D eigenvalue weighted by Crippen LogP contribution is -2.50. The molecule has 0 heterocycles. The summed E-state index contributed by atoms with van der Waals surface area (Å²) in [7, 11) is 2.98. The number of rotatable bonds is 7. The fourth-order valence-corrected chi connectivity index (χ4v) is 4.16. The quantitative estimate of drug-likeness (QED) is 0.737. The van der Waals surface area contributed by atoms with Gasteiger partial charge in [-0.2, -0.15) is 0 Å². The van der Waals surface area contributed by atoms with Gasteiger partial charge in [0.15, 0.2) is 0 Å². The van der Waals surface area contributed by atoms with Gasteiger partial charge in [0, 0.05) is 24.7 Å². The van der Waals surface area contributed by atoms with Gasteiger partial charge < -0.3 is 10.2 Å². The smallest absolute Gasteiger partial charge is 0.264 e. The largest absolute Gasteiger partial charge is 0.350 e. The molecule has 0 atom stereocenters. The van der Waals surface area contributed by atoms with E-state index in [9.17, 15) is 13.2 Å². The van der Waals surface area contributed by atoms with Crippen molar-refractivity contribution in [1.82, 2.24) is 14.7 Å². The van der Waals surface area contributed by atoms with Gasteiger partial charge in [0.05, 0.1) is 12.0 Å². The lowest BCUT2D eigenvalue weighted by atomic mass is 9.96. The van der Waals surface area contributed by atoms with Crippen LogP contribution in [-0.2, 0) is 14.9 Å². The molecule has 1 aliphatic carbocycles. The Morgan fingerprint density at radius 3 is 2.20 bits per heavy atom. The molecule has 25 heavy (non-hydrogen) atoms. The van der Waals surface area contributed by atoms with Crippen molar-refractivity contribution in [3.63, 3.8) is 0 Å². The van der Waals surface area contributed by atoms with Crippen LogP contribution in [0.5, 0.6) is 0 Å². The summed E-state index contributed by atoms with van der Waals surface area (Å²) in [6, 6.07) is 5.86. The SMILES string of the molecule is CON(C)S(=O)(=O)c1ccc(C(=O)NCC2(N(C)C)CCCC2)cc1. The molecule has 140 valence electrons. The molecule has 0 aliphatic heterocycles. The van der Waals surface area contributed by atoms with E-state index in [1.54, 1.807) is 0 Å². The molecule has 0 spiro atoms. The zero-order valence-corrected chi connectivity index (χ0v) is 16.1. The van der Waals surface area contributed by atoms with Crippen LogP contribution < -0.4 is 5.32 Å². The van der Waals surface area contributed by atoms with Gasteiger partial charge in [-0.3, -0.25) is 9.63 Å². The van der Waals surface area contributed by atoms with E-state index < -0.39 is 10.0 Å². The van der Waals surface area contributed by atoms with E-state index in [0.29, 0.717) is 12.1 Å². The van der Waals surface area contributed by atoms with Gasteiger partial charge in [0.1, 0.15) is 0 Å². The second kappa shape index (κ2) is 7.82. The van der Waals surface area contributed by atoms with Crippen LogP contribution in [0.15, 0.2) is 29.2 Å². The highest BCUT2D eigenvalue weighted by Crippen LogP contribution is 2.33. The van der Waals surface area contributed by atoms with Crippen LogP contribution >= 0.6 is 0 Å². The normalized spacial score (nSPS) is 17.2. The number of benzene rings is 1. The predicted molar refractivity (Wildman–Crippen MR) is 95.6 cm³/mol. The van der Waals surface area contributed by atoms with E-state index in [4.69, 9.17) is 4.84 Å². The summed E-state index contributed by atoms with van der Waals surface area (Å²) in [5, 5.41) is 2.99. The maximum atomic E-state index is 12.4. The van der Waals surface area contributed by atoms with Gasteiger partial charge in [0.25, 0.3) is 15.9 Å². The Kier molecular flexibility index (Phi) is 6.21. The van der Waals surface area contributed by atoms with Crippen molar-refractivity contribution in [3.05, 3.63) is 29.8 Å². The second-order valence-corrected chi connectivity index (χ2v) is 8.57. The van der Waals surface area contributed by atoms with E-state index >= 15 is 0 Å². The van der Waals surface area contributed by atoms with Crippen LogP contribution in [0.1, 0.15) is 36.0 Å². The summed E-state index contributed by atoms with van der Waals surface area (Å²) in [6.45, 7) is 0.589. The van der Waals surface area contributed by atoms with E-state index in [0.717, 1.165) is 17.3 Å². The zero-order chi connectivity index (χ0) is 18.7. The Hall–Kier alpha value is -1.48. The van der Waals surface area contributed by atoms with Gasteiger partial charge in [-0.25, -0.2) is 8.42 Å². The van der Waals surface area contributed by atoms with Crippen LogP contribution in [-0.4, -0.2) is 64.0 Å². The summed E-state index contributed by atoms with van der Waals surface area (Å²) in [4.78, 5) is 19.4. The predicted octanol–water partition coefficient (Wildman–Crippen LogP) is 1.47. The van der Waals surface area contributed by atoms with Gasteiger partial charge in [0.2, 0.25) is 0 Å². The molecule has 1 fully saturated rings. The van der Waals surface area contributed by atoms with Crippen molar-refractivity contribution in [2.75, 3.05) is 34.8 Å². The molecule has 8 heteroatoms. The Morgan fingerprint density at radius 2 is 1.72 bits per heavy atom. The number of hydroxylamine groups is 1. The summed E-state index contributed by atoms with van der Waals surface area (Å²) in [5.74, 6) is -0.197. The fraction of sp³-hybridized carbons (Fsp3) is 0.588. The number of likely N-dealkylation sites (N-methyl/N-ethyl adjacent to an activating group) is 1. The summed E-state index contributed by atoms with van der Waals surface area (Å²) in [6.07, 6.45) is 4.49. The number of sulfonamides is 1. The van der Waals surface area contributed by atoms with Crippen molar-refractivity contribution in [2.24, 2.45) is 0 Å². The van der Waals surface area contributed by atoms with Crippen molar-refractivity contribution in [2.45, 2.75) is 36.1 Å². The minimum Gasteiger partial charge on any atom is -0.350 e. The first-order valence-electron chi connectivity index (χ1n) is 8.32. The van der Waals surface area contributed by atoms with Crippen molar-refractivity contribution >= 4 is 15.9 Å². The van der Waals surface area contributed by atoms with Crippen LogP contribution in [0.4, 0.5) is 0 Å². The molecule has 1 aliphatic rings.